The molecule has 0 unspecified atom stereocenters. The Labute approximate surface area is 136 Å². The molecule has 0 radical (unpaired) electrons. The molecular weight excluding hydrogens is 325 g/mol. The number of halogens is 2. The van der Waals surface area contributed by atoms with E-state index in [1.54, 1.807) is 32.2 Å². The summed E-state index contributed by atoms with van der Waals surface area (Å²) in [5.41, 5.74) is 1.17. The van der Waals surface area contributed by atoms with Crippen molar-refractivity contribution in [1.29, 1.82) is 0 Å². The predicted molar refractivity (Wildman–Crippen MR) is 86.1 cm³/mol. The average molecular weight is 336 g/mol. The molecular formula is C15H11Cl2N3O2. The highest BCUT2D eigenvalue weighted by atomic mass is 35.5. The molecule has 0 N–H and O–H groups in total. The van der Waals surface area contributed by atoms with Crippen LogP contribution in [0, 0.1) is 6.92 Å². The summed E-state index contributed by atoms with van der Waals surface area (Å²) in [7, 11) is 1.65. The first-order valence-corrected chi connectivity index (χ1v) is 7.17. The number of fused-ring (bicyclic) bond motifs is 1. The van der Waals surface area contributed by atoms with Crippen molar-refractivity contribution >= 4 is 34.1 Å². The Bertz CT molecular complexity index is 938. The van der Waals surface area contributed by atoms with Gasteiger partial charge in [0.05, 0.1) is 17.2 Å². The molecule has 112 valence electrons. The van der Waals surface area contributed by atoms with Crippen molar-refractivity contribution in [2.24, 2.45) is 7.05 Å². The van der Waals surface area contributed by atoms with Gasteiger partial charge in [0.25, 0.3) is 5.56 Å². The Morgan fingerprint density at radius 2 is 1.91 bits per heavy atom. The summed E-state index contributed by atoms with van der Waals surface area (Å²) in [5, 5.41) is 0.900. The quantitative estimate of drug-likeness (QED) is 0.669. The van der Waals surface area contributed by atoms with E-state index < -0.39 is 0 Å². The Morgan fingerprint density at radius 1 is 1.14 bits per heavy atom. The number of rotatable bonds is 2. The van der Waals surface area contributed by atoms with Crippen LogP contribution in [0.3, 0.4) is 0 Å². The highest BCUT2D eigenvalue weighted by Gasteiger charge is 2.13. The number of ether oxygens (including phenoxy) is 1. The Kier molecular flexibility index (Phi) is 3.76. The average Bonchev–Trinajstić information content (AvgIpc) is 2.50. The van der Waals surface area contributed by atoms with E-state index in [9.17, 15) is 4.79 Å². The van der Waals surface area contributed by atoms with Gasteiger partial charge < -0.3 is 9.30 Å². The minimum Gasteiger partial charge on any atom is -0.455 e. The van der Waals surface area contributed by atoms with Crippen LogP contribution in [0.4, 0.5) is 0 Å². The van der Waals surface area contributed by atoms with Crippen molar-refractivity contribution in [2.75, 3.05) is 0 Å². The van der Waals surface area contributed by atoms with Crippen LogP contribution in [-0.2, 0) is 7.05 Å². The van der Waals surface area contributed by atoms with Crippen molar-refractivity contribution in [1.82, 2.24) is 14.5 Å². The van der Waals surface area contributed by atoms with Gasteiger partial charge in [0.2, 0.25) is 0 Å². The lowest BCUT2D eigenvalue weighted by Gasteiger charge is -2.12. The molecule has 3 rings (SSSR count). The van der Waals surface area contributed by atoms with Crippen molar-refractivity contribution in [3.8, 4) is 11.5 Å². The summed E-state index contributed by atoms with van der Waals surface area (Å²) < 4.78 is 7.22. The Morgan fingerprint density at radius 3 is 2.68 bits per heavy atom. The van der Waals surface area contributed by atoms with E-state index in [0.29, 0.717) is 28.0 Å². The van der Waals surface area contributed by atoms with Gasteiger partial charge in [0.15, 0.2) is 10.9 Å². The van der Waals surface area contributed by atoms with Crippen LogP contribution < -0.4 is 10.3 Å². The van der Waals surface area contributed by atoms with Gasteiger partial charge in [-0.1, -0.05) is 23.2 Å². The smallest absolute Gasteiger partial charge is 0.261 e. The normalized spacial score (nSPS) is 10.9. The fourth-order valence-electron chi connectivity index (χ4n) is 2.14. The molecule has 0 aliphatic heterocycles. The third-order valence-corrected chi connectivity index (χ3v) is 4.08. The molecule has 22 heavy (non-hydrogen) atoms. The predicted octanol–water partition coefficient (Wildman–Crippen LogP) is 3.74. The van der Waals surface area contributed by atoms with Crippen molar-refractivity contribution in [3.63, 3.8) is 0 Å². The van der Waals surface area contributed by atoms with E-state index in [1.165, 1.54) is 17.1 Å². The fourth-order valence-corrected chi connectivity index (χ4v) is 2.44. The molecule has 0 saturated heterocycles. The SMILES string of the molecule is Cc1c(Oc2ccnc(Cl)c2Cl)ccc2ncn(C)c(=O)c12. The lowest BCUT2D eigenvalue weighted by molar-refractivity contribution is 0.479. The molecule has 0 aliphatic carbocycles. The van der Waals surface area contributed by atoms with Gasteiger partial charge in [-0.3, -0.25) is 4.79 Å². The number of pyridine rings is 1. The van der Waals surface area contributed by atoms with Crippen molar-refractivity contribution in [2.45, 2.75) is 6.92 Å². The maximum absolute atomic E-state index is 12.3. The molecule has 1 aromatic carbocycles. The molecule has 3 aromatic rings. The number of hydrogen-bond donors (Lipinski definition) is 0. The third kappa shape index (κ3) is 2.42. The summed E-state index contributed by atoms with van der Waals surface area (Å²) in [6, 6.07) is 5.09. The number of aromatic nitrogens is 3. The second kappa shape index (κ2) is 5.59. The van der Waals surface area contributed by atoms with Crippen molar-refractivity contribution in [3.05, 3.63) is 56.8 Å². The molecule has 2 heterocycles. The van der Waals surface area contributed by atoms with Gasteiger partial charge in [0.1, 0.15) is 10.8 Å². The Hall–Kier alpha value is -2.11. The number of hydrogen-bond acceptors (Lipinski definition) is 4. The summed E-state index contributed by atoms with van der Waals surface area (Å²) in [4.78, 5) is 20.4. The lowest BCUT2D eigenvalue weighted by atomic mass is 10.1. The van der Waals surface area contributed by atoms with Crippen molar-refractivity contribution < 1.29 is 4.74 Å². The fraction of sp³-hybridized carbons (Fsp3) is 0.133. The van der Waals surface area contributed by atoms with Crippen LogP contribution in [0.1, 0.15) is 5.56 Å². The first-order valence-electron chi connectivity index (χ1n) is 6.42. The van der Waals surface area contributed by atoms with Gasteiger partial charge in [-0.2, -0.15) is 0 Å². The summed E-state index contributed by atoms with van der Waals surface area (Å²) in [5.74, 6) is 0.895. The maximum atomic E-state index is 12.3. The topological polar surface area (TPSA) is 57.0 Å². The first-order chi connectivity index (χ1) is 10.5. The molecule has 0 bridgehead atoms. The number of nitrogens with zero attached hydrogens (tertiary/aromatic N) is 3. The minimum atomic E-state index is -0.133. The zero-order chi connectivity index (χ0) is 15.9. The summed E-state index contributed by atoms with van der Waals surface area (Å²) in [6.45, 7) is 1.80. The third-order valence-electron chi connectivity index (χ3n) is 3.33. The molecule has 0 amide bonds. The van der Waals surface area contributed by atoms with E-state index in [2.05, 4.69) is 9.97 Å². The van der Waals surface area contributed by atoms with Crippen LogP contribution in [0.15, 0.2) is 35.5 Å². The van der Waals surface area contributed by atoms with E-state index in [1.807, 2.05) is 0 Å². The summed E-state index contributed by atoms with van der Waals surface area (Å²) >= 11 is 11.9. The number of aryl methyl sites for hydroxylation is 2. The standard InChI is InChI=1S/C15H11Cl2N3O2/c1-8-10(22-11-5-6-18-14(17)13(11)16)4-3-9-12(8)15(21)20(2)7-19-9/h3-7H,1-2H3. The molecule has 2 aromatic heterocycles. The molecule has 5 nitrogen and oxygen atoms in total. The van der Waals surface area contributed by atoms with E-state index in [0.717, 1.165) is 0 Å². The number of benzene rings is 1. The van der Waals surface area contributed by atoms with E-state index >= 15 is 0 Å². The maximum Gasteiger partial charge on any atom is 0.261 e. The largest absolute Gasteiger partial charge is 0.455 e. The molecule has 7 heteroatoms. The van der Waals surface area contributed by atoms with E-state index in [-0.39, 0.29) is 15.7 Å². The van der Waals surface area contributed by atoms with Gasteiger partial charge >= 0.3 is 0 Å². The van der Waals surface area contributed by atoms with Crippen LogP contribution in [0.5, 0.6) is 11.5 Å². The van der Waals surface area contributed by atoms with Gasteiger partial charge in [-0.05, 0) is 19.1 Å². The lowest BCUT2D eigenvalue weighted by Crippen LogP contribution is -2.17. The zero-order valence-electron chi connectivity index (χ0n) is 11.8. The summed E-state index contributed by atoms with van der Waals surface area (Å²) in [6.07, 6.45) is 2.99. The van der Waals surface area contributed by atoms with Crippen LogP contribution >= 0.6 is 23.2 Å². The second-order valence-electron chi connectivity index (χ2n) is 4.76. The molecule has 0 aliphatic rings. The van der Waals surface area contributed by atoms with Gasteiger partial charge in [-0.25, -0.2) is 9.97 Å². The van der Waals surface area contributed by atoms with Crippen LogP contribution in [0.2, 0.25) is 10.2 Å². The molecule has 0 spiro atoms. The highest BCUT2D eigenvalue weighted by molar-refractivity contribution is 6.42. The van der Waals surface area contributed by atoms with E-state index in [4.69, 9.17) is 27.9 Å². The molecule has 0 saturated carbocycles. The molecule has 0 atom stereocenters. The highest BCUT2D eigenvalue weighted by Crippen LogP contribution is 2.35. The monoisotopic (exact) mass is 335 g/mol. The Balaban J connectivity index is 2.16. The van der Waals surface area contributed by atoms with Crippen LogP contribution in [0.25, 0.3) is 10.9 Å². The second-order valence-corrected chi connectivity index (χ2v) is 5.50. The zero-order valence-corrected chi connectivity index (χ0v) is 13.3. The van der Waals surface area contributed by atoms with Crippen LogP contribution in [-0.4, -0.2) is 14.5 Å². The first kappa shape index (κ1) is 14.8. The minimum absolute atomic E-state index is 0.133. The van der Waals surface area contributed by atoms with Gasteiger partial charge in [-0.15, -0.1) is 0 Å². The molecule has 0 fully saturated rings. The van der Waals surface area contributed by atoms with Gasteiger partial charge in [0, 0.05) is 24.9 Å².